The largest absolute Gasteiger partial charge is 0.474 e. The molecule has 1 aliphatic rings. The number of aromatic nitrogens is 1. The molecule has 6 heteroatoms. The predicted molar refractivity (Wildman–Crippen MR) is 83.8 cm³/mol. The van der Waals surface area contributed by atoms with E-state index in [-0.39, 0.29) is 17.4 Å². The van der Waals surface area contributed by atoms with Gasteiger partial charge in [0.2, 0.25) is 11.5 Å². The van der Waals surface area contributed by atoms with Crippen LogP contribution in [0.2, 0.25) is 0 Å². The molecular formula is C17H16N2O4. The number of nitrogens with zero attached hydrogens (tertiary/aromatic N) is 2. The van der Waals surface area contributed by atoms with E-state index in [0.717, 1.165) is 19.3 Å². The van der Waals surface area contributed by atoms with Crippen LogP contribution in [0.4, 0.5) is 5.82 Å². The minimum Gasteiger partial charge on any atom is -0.474 e. The summed E-state index contributed by atoms with van der Waals surface area (Å²) in [4.78, 5) is 26.5. The molecule has 1 aliphatic carbocycles. The fourth-order valence-corrected chi connectivity index (χ4v) is 2.82. The zero-order valence-electron chi connectivity index (χ0n) is 12.7. The van der Waals surface area contributed by atoms with E-state index in [2.05, 4.69) is 4.98 Å². The zero-order valence-corrected chi connectivity index (χ0v) is 12.7. The summed E-state index contributed by atoms with van der Waals surface area (Å²) in [6, 6.07) is 8.66. The molecule has 0 saturated carbocycles. The number of ether oxygens (including phenoxy) is 1. The van der Waals surface area contributed by atoms with Crippen molar-refractivity contribution < 1.29 is 14.5 Å². The Kier molecular flexibility index (Phi) is 4.06. The van der Waals surface area contributed by atoms with Gasteiger partial charge in [0.15, 0.2) is 6.10 Å². The highest BCUT2D eigenvalue weighted by Gasteiger charge is 2.23. The molecule has 1 aromatic carbocycles. The number of carbonyl (C=O) groups is 1. The number of hydrogen-bond donors (Lipinski definition) is 0. The van der Waals surface area contributed by atoms with Crippen LogP contribution in [0, 0.1) is 10.1 Å². The molecule has 0 N–H and O–H groups in total. The Bertz CT molecular complexity index is 773. The summed E-state index contributed by atoms with van der Waals surface area (Å²) in [5, 5.41) is 10.9. The lowest BCUT2D eigenvalue weighted by atomic mass is 10.0. The number of aryl methyl sites for hydroxylation is 2. The van der Waals surface area contributed by atoms with Gasteiger partial charge in [0.05, 0.1) is 0 Å². The lowest BCUT2D eigenvalue weighted by Crippen LogP contribution is -2.24. The second kappa shape index (κ2) is 6.16. The summed E-state index contributed by atoms with van der Waals surface area (Å²) in [5.74, 6) is -0.585. The smallest absolute Gasteiger partial charge is 0.406 e. The minimum atomic E-state index is -0.822. The van der Waals surface area contributed by atoms with Crippen LogP contribution < -0.4 is 4.74 Å². The number of rotatable bonds is 5. The van der Waals surface area contributed by atoms with Gasteiger partial charge in [-0.1, -0.05) is 12.1 Å². The molecule has 2 aromatic rings. The Morgan fingerprint density at radius 2 is 2.09 bits per heavy atom. The molecule has 0 spiro atoms. The third-order valence-electron chi connectivity index (χ3n) is 3.98. The molecule has 0 radical (unpaired) electrons. The number of carbonyl (C=O) groups excluding carboxylic acids is 1. The number of nitro groups is 1. The molecule has 1 heterocycles. The molecule has 23 heavy (non-hydrogen) atoms. The molecular weight excluding hydrogens is 296 g/mol. The van der Waals surface area contributed by atoms with Crippen LogP contribution in [-0.2, 0) is 12.8 Å². The highest BCUT2D eigenvalue weighted by atomic mass is 16.6. The predicted octanol–water partition coefficient (Wildman–Crippen LogP) is 3.13. The normalized spacial score (nSPS) is 14.1. The third kappa shape index (κ3) is 3.06. The molecule has 3 rings (SSSR count). The van der Waals surface area contributed by atoms with Gasteiger partial charge in [-0.2, -0.15) is 0 Å². The van der Waals surface area contributed by atoms with Crippen molar-refractivity contribution >= 4 is 11.6 Å². The van der Waals surface area contributed by atoms with E-state index in [1.165, 1.54) is 29.5 Å². The number of Topliss-reactive ketones (excluding diaryl/α,β-unsaturated/α-hetero) is 1. The average molecular weight is 312 g/mol. The average Bonchev–Trinajstić information content (AvgIpc) is 3.01. The van der Waals surface area contributed by atoms with Gasteiger partial charge in [-0.3, -0.25) is 4.79 Å². The van der Waals surface area contributed by atoms with Gasteiger partial charge in [-0.05, 0) is 65.4 Å². The van der Waals surface area contributed by atoms with E-state index in [9.17, 15) is 14.9 Å². The van der Waals surface area contributed by atoms with Gasteiger partial charge in [0, 0.05) is 5.56 Å². The first-order valence-electron chi connectivity index (χ1n) is 7.48. The second-order valence-corrected chi connectivity index (χ2v) is 5.54. The van der Waals surface area contributed by atoms with Gasteiger partial charge >= 0.3 is 5.82 Å². The first-order chi connectivity index (χ1) is 11.1. The van der Waals surface area contributed by atoms with Crippen molar-refractivity contribution in [2.24, 2.45) is 0 Å². The Morgan fingerprint density at radius 1 is 1.30 bits per heavy atom. The Morgan fingerprint density at radius 3 is 2.87 bits per heavy atom. The molecule has 0 fully saturated rings. The fourth-order valence-electron chi connectivity index (χ4n) is 2.82. The fraction of sp³-hybridized carbons (Fsp3) is 0.294. The van der Waals surface area contributed by atoms with Crippen LogP contribution in [0.3, 0.4) is 0 Å². The van der Waals surface area contributed by atoms with Gasteiger partial charge in [0.25, 0.3) is 0 Å². The maximum absolute atomic E-state index is 12.5. The Hall–Kier alpha value is -2.76. The van der Waals surface area contributed by atoms with Crippen LogP contribution in [0.15, 0.2) is 36.5 Å². The molecule has 1 aromatic heterocycles. The summed E-state index contributed by atoms with van der Waals surface area (Å²) in [6.45, 7) is 1.59. The molecule has 1 unspecified atom stereocenters. The summed E-state index contributed by atoms with van der Waals surface area (Å²) < 4.78 is 5.49. The van der Waals surface area contributed by atoms with Crippen molar-refractivity contribution in [1.82, 2.24) is 4.98 Å². The number of fused-ring (bicyclic) bond motifs is 1. The number of pyridine rings is 1. The van der Waals surface area contributed by atoms with E-state index in [1.807, 2.05) is 12.1 Å². The van der Waals surface area contributed by atoms with E-state index < -0.39 is 11.0 Å². The first kappa shape index (κ1) is 15.1. The van der Waals surface area contributed by atoms with Crippen molar-refractivity contribution in [3.8, 4) is 5.75 Å². The molecule has 6 nitrogen and oxygen atoms in total. The maximum atomic E-state index is 12.5. The third-order valence-corrected chi connectivity index (χ3v) is 3.98. The first-order valence-corrected chi connectivity index (χ1v) is 7.48. The Labute approximate surface area is 133 Å². The SMILES string of the molecule is CC(Oc1cccnc1[N+](=O)[O-])C(=O)c1ccc2c(c1)CCC2. The minimum absolute atomic E-state index is 0.000454. The van der Waals surface area contributed by atoms with E-state index >= 15 is 0 Å². The topological polar surface area (TPSA) is 82.3 Å². The van der Waals surface area contributed by atoms with E-state index in [0.29, 0.717) is 5.56 Å². The van der Waals surface area contributed by atoms with Crippen LogP contribution in [0.25, 0.3) is 0 Å². The lowest BCUT2D eigenvalue weighted by Gasteiger charge is -2.14. The molecule has 0 aliphatic heterocycles. The molecule has 118 valence electrons. The number of hydrogen-bond acceptors (Lipinski definition) is 5. The quantitative estimate of drug-likeness (QED) is 0.481. The maximum Gasteiger partial charge on any atom is 0.406 e. The van der Waals surface area contributed by atoms with Crippen molar-refractivity contribution in [1.29, 1.82) is 0 Å². The van der Waals surface area contributed by atoms with Gasteiger partial charge in [-0.15, -0.1) is 0 Å². The monoisotopic (exact) mass is 312 g/mol. The lowest BCUT2D eigenvalue weighted by molar-refractivity contribution is -0.390. The van der Waals surface area contributed by atoms with Crippen molar-refractivity contribution in [2.75, 3.05) is 0 Å². The number of ketones is 1. The highest BCUT2D eigenvalue weighted by Crippen LogP contribution is 2.26. The molecule has 0 bridgehead atoms. The second-order valence-electron chi connectivity index (χ2n) is 5.54. The van der Waals surface area contributed by atoms with Gasteiger partial charge in [-0.25, -0.2) is 0 Å². The van der Waals surface area contributed by atoms with Gasteiger partial charge in [0.1, 0.15) is 6.20 Å². The van der Waals surface area contributed by atoms with Crippen LogP contribution in [0.5, 0.6) is 5.75 Å². The van der Waals surface area contributed by atoms with Crippen LogP contribution in [-0.4, -0.2) is 21.8 Å². The van der Waals surface area contributed by atoms with Crippen molar-refractivity contribution in [3.05, 3.63) is 63.3 Å². The van der Waals surface area contributed by atoms with Crippen molar-refractivity contribution in [2.45, 2.75) is 32.3 Å². The standard InChI is InChI=1S/C17H16N2O4/c1-11(23-15-6-3-9-18-17(15)19(21)22)16(20)14-8-7-12-4-2-5-13(12)10-14/h3,6-11H,2,4-5H2,1H3. The zero-order chi connectivity index (χ0) is 16.4. The summed E-state index contributed by atoms with van der Waals surface area (Å²) in [6.07, 6.45) is 3.65. The molecule has 0 amide bonds. The number of benzene rings is 1. The summed E-state index contributed by atoms with van der Waals surface area (Å²) in [5.41, 5.74) is 3.07. The van der Waals surface area contributed by atoms with E-state index in [4.69, 9.17) is 4.74 Å². The summed E-state index contributed by atoms with van der Waals surface area (Å²) in [7, 11) is 0. The van der Waals surface area contributed by atoms with Gasteiger partial charge < -0.3 is 14.9 Å². The highest BCUT2D eigenvalue weighted by molar-refractivity contribution is 5.99. The van der Waals surface area contributed by atoms with Crippen molar-refractivity contribution in [3.63, 3.8) is 0 Å². The van der Waals surface area contributed by atoms with E-state index in [1.54, 1.807) is 13.0 Å². The van der Waals surface area contributed by atoms with Crippen LogP contribution >= 0.6 is 0 Å². The Balaban J connectivity index is 1.79. The molecule has 0 saturated heterocycles. The summed E-state index contributed by atoms with van der Waals surface area (Å²) >= 11 is 0. The van der Waals surface area contributed by atoms with Crippen LogP contribution in [0.1, 0.15) is 34.8 Å². The molecule has 1 atom stereocenters.